The van der Waals surface area contributed by atoms with E-state index >= 15 is 0 Å². The SMILES string of the molecule is CC(C)(C)OC(=O)OC(C)(C)C(C)(C)C(C)(C)C. The third-order valence-electron chi connectivity index (χ3n) is 4.11. The highest BCUT2D eigenvalue weighted by atomic mass is 16.7. The molecule has 0 rings (SSSR count). The zero-order chi connectivity index (χ0) is 15.0. The summed E-state index contributed by atoms with van der Waals surface area (Å²) in [7, 11) is 0. The molecule has 0 aliphatic heterocycles. The molecule has 0 saturated heterocycles. The van der Waals surface area contributed by atoms with Crippen molar-refractivity contribution in [3.63, 3.8) is 0 Å². The molecule has 3 nitrogen and oxygen atoms in total. The Kier molecular flexibility index (Phi) is 4.55. The van der Waals surface area contributed by atoms with Gasteiger partial charge in [-0.2, -0.15) is 0 Å². The molecule has 0 N–H and O–H groups in total. The van der Waals surface area contributed by atoms with Crippen molar-refractivity contribution in [2.75, 3.05) is 0 Å². The maximum Gasteiger partial charge on any atom is 0.509 e. The second-order valence-electron chi connectivity index (χ2n) is 7.95. The van der Waals surface area contributed by atoms with Crippen LogP contribution in [0.2, 0.25) is 0 Å². The molecule has 0 atom stereocenters. The average Bonchev–Trinajstić information content (AvgIpc) is 1.95. The summed E-state index contributed by atoms with van der Waals surface area (Å²) in [6, 6.07) is 0. The molecule has 0 aromatic heterocycles. The van der Waals surface area contributed by atoms with Crippen molar-refractivity contribution < 1.29 is 14.3 Å². The number of ether oxygens (including phenoxy) is 2. The predicted molar refractivity (Wildman–Crippen MR) is 74.6 cm³/mol. The molecule has 0 unspecified atom stereocenters. The summed E-state index contributed by atoms with van der Waals surface area (Å²) in [5.41, 5.74) is -1.30. The Bertz CT molecular complexity index is 301. The van der Waals surface area contributed by atoms with Crippen LogP contribution in [0, 0.1) is 10.8 Å². The molecule has 0 aromatic carbocycles. The van der Waals surface area contributed by atoms with Crippen LogP contribution < -0.4 is 0 Å². The zero-order valence-corrected chi connectivity index (χ0v) is 13.7. The molecule has 18 heavy (non-hydrogen) atoms. The Morgan fingerprint density at radius 2 is 1.11 bits per heavy atom. The van der Waals surface area contributed by atoms with Crippen LogP contribution in [0.1, 0.15) is 69.2 Å². The molecule has 0 radical (unpaired) electrons. The van der Waals surface area contributed by atoms with Crippen LogP contribution in [-0.4, -0.2) is 17.4 Å². The quantitative estimate of drug-likeness (QED) is 0.668. The first kappa shape index (κ1) is 17.3. The van der Waals surface area contributed by atoms with Gasteiger partial charge in [-0.1, -0.05) is 34.6 Å². The Morgan fingerprint density at radius 3 is 1.39 bits per heavy atom. The second kappa shape index (κ2) is 4.75. The lowest BCUT2D eigenvalue weighted by Gasteiger charge is -2.49. The van der Waals surface area contributed by atoms with Crippen LogP contribution in [0.25, 0.3) is 0 Å². The molecule has 0 aliphatic carbocycles. The normalized spacial score (nSPS) is 14.3. The summed E-state index contributed by atoms with van der Waals surface area (Å²) >= 11 is 0. The van der Waals surface area contributed by atoms with Gasteiger partial charge in [0.25, 0.3) is 0 Å². The summed E-state index contributed by atoms with van der Waals surface area (Å²) in [5.74, 6) is 0. The monoisotopic (exact) mass is 258 g/mol. The summed E-state index contributed by atoms with van der Waals surface area (Å²) < 4.78 is 10.8. The van der Waals surface area contributed by atoms with Crippen LogP contribution in [-0.2, 0) is 9.47 Å². The van der Waals surface area contributed by atoms with Crippen molar-refractivity contribution in [1.82, 2.24) is 0 Å². The van der Waals surface area contributed by atoms with Gasteiger partial charge in [0.05, 0.1) is 0 Å². The van der Waals surface area contributed by atoms with Crippen LogP contribution in [0.15, 0.2) is 0 Å². The highest BCUT2D eigenvalue weighted by molar-refractivity contribution is 5.61. The number of carbonyl (C=O) groups excluding carboxylic acids is 1. The largest absolute Gasteiger partial charge is 0.509 e. The molecular weight excluding hydrogens is 228 g/mol. The van der Waals surface area contributed by atoms with E-state index in [0.717, 1.165) is 0 Å². The minimum absolute atomic E-state index is 0.0124. The second-order valence-corrected chi connectivity index (χ2v) is 7.95. The molecule has 0 spiro atoms. The van der Waals surface area contributed by atoms with E-state index in [1.165, 1.54) is 0 Å². The van der Waals surface area contributed by atoms with Crippen molar-refractivity contribution in [1.29, 1.82) is 0 Å². The molecule has 0 aromatic rings. The number of hydrogen-bond acceptors (Lipinski definition) is 3. The third-order valence-corrected chi connectivity index (χ3v) is 4.11. The van der Waals surface area contributed by atoms with Gasteiger partial charge in [0.2, 0.25) is 0 Å². The molecular formula is C15H30O3. The molecule has 0 bridgehead atoms. The lowest BCUT2D eigenvalue weighted by Crippen LogP contribution is -2.51. The van der Waals surface area contributed by atoms with Crippen molar-refractivity contribution >= 4 is 6.16 Å². The van der Waals surface area contributed by atoms with E-state index in [4.69, 9.17) is 9.47 Å². The van der Waals surface area contributed by atoms with Gasteiger partial charge < -0.3 is 9.47 Å². The van der Waals surface area contributed by atoms with E-state index in [9.17, 15) is 4.79 Å². The first-order chi connectivity index (χ1) is 7.60. The van der Waals surface area contributed by atoms with Gasteiger partial charge in [-0.25, -0.2) is 4.79 Å². The van der Waals surface area contributed by atoms with Crippen molar-refractivity contribution in [2.45, 2.75) is 80.4 Å². The fourth-order valence-corrected chi connectivity index (χ4v) is 1.51. The Labute approximate surface area is 112 Å². The van der Waals surface area contributed by atoms with Crippen LogP contribution >= 0.6 is 0 Å². The van der Waals surface area contributed by atoms with E-state index in [1.54, 1.807) is 0 Å². The first-order valence-corrected chi connectivity index (χ1v) is 6.52. The van der Waals surface area contributed by atoms with Crippen molar-refractivity contribution in [3.8, 4) is 0 Å². The fraction of sp³-hybridized carbons (Fsp3) is 0.933. The maximum atomic E-state index is 11.8. The summed E-state index contributed by atoms with van der Waals surface area (Å²) in [5, 5.41) is 0. The lowest BCUT2D eigenvalue weighted by molar-refractivity contribution is -0.130. The number of rotatable bonds is 2. The van der Waals surface area contributed by atoms with Crippen LogP contribution in [0.5, 0.6) is 0 Å². The summed E-state index contributed by atoms with van der Waals surface area (Å²) in [6.45, 7) is 20.0. The van der Waals surface area contributed by atoms with Gasteiger partial charge in [0.15, 0.2) is 0 Å². The van der Waals surface area contributed by atoms with Crippen molar-refractivity contribution in [2.24, 2.45) is 10.8 Å². The molecule has 0 saturated carbocycles. The minimum atomic E-state index is -0.607. The minimum Gasteiger partial charge on any atom is -0.429 e. The summed E-state index contributed by atoms with van der Waals surface area (Å²) in [6.07, 6.45) is -0.607. The standard InChI is InChI=1S/C15H30O3/c1-12(2,3)14(7,8)15(9,10)18-11(16)17-13(4,5)6/h1-10H3. The van der Waals surface area contributed by atoms with Gasteiger partial charge in [-0.15, -0.1) is 0 Å². The van der Waals surface area contributed by atoms with Gasteiger partial charge >= 0.3 is 6.16 Å². The van der Waals surface area contributed by atoms with Gasteiger partial charge in [-0.3, -0.25) is 0 Å². The lowest BCUT2D eigenvalue weighted by atomic mass is 9.61. The fourth-order valence-electron chi connectivity index (χ4n) is 1.51. The molecule has 0 heterocycles. The number of carbonyl (C=O) groups is 1. The first-order valence-electron chi connectivity index (χ1n) is 6.52. The van der Waals surface area contributed by atoms with E-state index < -0.39 is 17.4 Å². The smallest absolute Gasteiger partial charge is 0.429 e. The third kappa shape index (κ3) is 4.18. The van der Waals surface area contributed by atoms with E-state index in [0.29, 0.717) is 0 Å². The maximum absolute atomic E-state index is 11.8. The van der Waals surface area contributed by atoms with E-state index in [1.807, 2.05) is 34.6 Å². The molecule has 3 heteroatoms. The highest BCUT2D eigenvalue weighted by Crippen LogP contribution is 2.48. The topological polar surface area (TPSA) is 35.5 Å². The molecule has 108 valence electrons. The Hall–Kier alpha value is -0.730. The Morgan fingerprint density at radius 1 is 0.722 bits per heavy atom. The van der Waals surface area contributed by atoms with Gasteiger partial charge in [0, 0.05) is 5.41 Å². The zero-order valence-electron chi connectivity index (χ0n) is 13.7. The van der Waals surface area contributed by atoms with Crippen molar-refractivity contribution in [3.05, 3.63) is 0 Å². The summed E-state index contributed by atoms with van der Waals surface area (Å²) in [4.78, 5) is 11.8. The van der Waals surface area contributed by atoms with Crippen LogP contribution in [0.4, 0.5) is 4.79 Å². The predicted octanol–water partition coefficient (Wildman–Crippen LogP) is 4.79. The highest BCUT2D eigenvalue weighted by Gasteiger charge is 2.48. The molecule has 0 aliphatic rings. The number of hydrogen-bond donors (Lipinski definition) is 0. The van der Waals surface area contributed by atoms with Crippen LogP contribution in [0.3, 0.4) is 0 Å². The average molecular weight is 258 g/mol. The molecule has 0 amide bonds. The van der Waals surface area contributed by atoms with E-state index in [2.05, 4.69) is 34.6 Å². The van der Waals surface area contributed by atoms with E-state index in [-0.39, 0.29) is 10.8 Å². The van der Waals surface area contributed by atoms with Gasteiger partial charge in [0.1, 0.15) is 11.2 Å². The molecule has 0 fully saturated rings. The van der Waals surface area contributed by atoms with Gasteiger partial charge in [-0.05, 0) is 40.0 Å². The Balaban J connectivity index is 4.92.